The molecule has 0 fully saturated rings. The third kappa shape index (κ3) is 3.09. The molecule has 2 aromatic rings. The van der Waals surface area contributed by atoms with Crippen molar-refractivity contribution >= 4 is 11.3 Å². The molecule has 0 aliphatic carbocycles. The Bertz CT molecular complexity index is 524. The van der Waals surface area contributed by atoms with Crippen molar-refractivity contribution in [3.8, 4) is 5.75 Å². The highest BCUT2D eigenvalue weighted by atomic mass is 32.1. The van der Waals surface area contributed by atoms with Gasteiger partial charge in [0.05, 0.1) is 0 Å². The molecule has 1 aromatic carbocycles. The van der Waals surface area contributed by atoms with Crippen LogP contribution in [0.25, 0.3) is 0 Å². The largest absolute Gasteiger partial charge is 0.483 e. The average molecular weight is 265 g/mol. The number of hydrogen-bond acceptors (Lipinski definition) is 3. The number of aryl methyl sites for hydroxylation is 1. The van der Waals surface area contributed by atoms with Crippen LogP contribution in [-0.2, 0) is 0 Å². The van der Waals surface area contributed by atoms with Crippen molar-refractivity contribution in [2.45, 2.75) is 26.0 Å². The third-order valence-electron chi connectivity index (χ3n) is 2.58. The lowest BCUT2D eigenvalue weighted by molar-refractivity contribution is 0.183. The summed E-state index contributed by atoms with van der Waals surface area (Å²) in [5.74, 6) is 0.196. The molecule has 0 saturated heterocycles. The minimum absolute atomic E-state index is 0.161. The lowest BCUT2D eigenvalue weighted by atomic mass is 10.1. The summed E-state index contributed by atoms with van der Waals surface area (Å²) < 4.78 is 18.9. The summed E-state index contributed by atoms with van der Waals surface area (Å²) in [7, 11) is 0. The van der Waals surface area contributed by atoms with E-state index in [9.17, 15) is 4.39 Å². The molecule has 0 spiro atoms. The molecule has 2 unspecified atom stereocenters. The molecule has 0 aliphatic rings. The molecule has 2 nitrogen and oxygen atoms in total. The molecule has 0 radical (unpaired) electrons. The fourth-order valence-electron chi connectivity index (χ4n) is 1.72. The van der Waals surface area contributed by atoms with Crippen LogP contribution in [0.15, 0.2) is 36.4 Å². The van der Waals surface area contributed by atoms with Gasteiger partial charge in [0.15, 0.2) is 0 Å². The number of benzene rings is 1. The second kappa shape index (κ2) is 5.50. The van der Waals surface area contributed by atoms with E-state index in [-0.39, 0.29) is 18.0 Å². The predicted molar refractivity (Wildman–Crippen MR) is 72.5 cm³/mol. The maximum atomic E-state index is 13.1. The van der Waals surface area contributed by atoms with Gasteiger partial charge in [0.2, 0.25) is 0 Å². The molecule has 0 saturated carbocycles. The normalized spacial score (nSPS) is 14.2. The number of halogens is 1. The van der Waals surface area contributed by atoms with E-state index in [1.165, 1.54) is 17.0 Å². The summed E-state index contributed by atoms with van der Waals surface area (Å²) in [5, 5.41) is 0. The van der Waals surface area contributed by atoms with Gasteiger partial charge in [0.25, 0.3) is 0 Å². The van der Waals surface area contributed by atoms with Gasteiger partial charge in [-0.15, -0.1) is 11.3 Å². The Kier molecular flexibility index (Phi) is 3.99. The van der Waals surface area contributed by atoms with Gasteiger partial charge in [-0.05, 0) is 38.1 Å². The van der Waals surface area contributed by atoms with E-state index < -0.39 is 0 Å². The number of nitrogens with two attached hydrogens (primary N) is 1. The minimum atomic E-state index is -0.307. The van der Waals surface area contributed by atoms with Crippen molar-refractivity contribution in [2.75, 3.05) is 0 Å². The molecule has 0 bridgehead atoms. The van der Waals surface area contributed by atoms with Crippen molar-refractivity contribution in [2.24, 2.45) is 5.73 Å². The van der Waals surface area contributed by atoms with E-state index in [0.717, 1.165) is 4.88 Å². The minimum Gasteiger partial charge on any atom is -0.483 e. The highest BCUT2D eigenvalue weighted by Gasteiger charge is 2.20. The highest BCUT2D eigenvalue weighted by molar-refractivity contribution is 7.12. The zero-order chi connectivity index (χ0) is 13.1. The highest BCUT2D eigenvalue weighted by Crippen LogP contribution is 2.29. The number of rotatable bonds is 4. The lowest BCUT2D eigenvalue weighted by Crippen LogP contribution is -2.28. The summed E-state index contributed by atoms with van der Waals surface area (Å²) in [6.07, 6.45) is -0.245. The molecule has 1 aromatic heterocycles. The maximum Gasteiger partial charge on any atom is 0.148 e. The van der Waals surface area contributed by atoms with Crippen LogP contribution in [0.1, 0.15) is 22.8 Å². The predicted octanol–water partition coefficient (Wildman–Crippen LogP) is 3.66. The van der Waals surface area contributed by atoms with Crippen molar-refractivity contribution in [1.29, 1.82) is 0 Å². The molecular formula is C14H16FNOS. The maximum absolute atomic E-state index is 13.1. The van der Waals surface area contributed by atoms with Gasteiger partial charge >= 0.3 is 0 Å². The van der Waals surface area contributed by atoms with Gasteiger partial charge in [-0.3, -0.25) is 0 Å². The van der Waals surface area contributed by atoms with Crippen LogP contribution < -0.4 is 10.5 Å². The Morgan fingerprint density at radius 1 is 1.28 bits per heavy atom. The Hall–Kier alpha value is -1.39. The summed E-state index contributed by atoms with van der Waals surface area (Å²) >= 11 is 1.65. The molecule has 2 atom stereocenters. The van der Waals surface area contributed by atoms with E-state index in [0.29, 0.717) is 5.75 Å². The first-order valence-electron chi connectivity index (χ1n) is 5.80. The first-order chi connectivity index (χ1) is 8.56. The summed E-state index contributed by atoms with van der Waals surface area (Å²) in [6, 6.07) is 10.0. The molecule has 0 amide bonds. The molecule has 2 rings (SSSR count). The second-order valence-electron chi connectivity index (χ2n) is 4.30. The number of hydrogen-bond donors (Lipinski definition) is 1. The first-order valence-corrected chi connectivity index (χ1v) is 6.62. The van der Waals surface area contributed by atoms with Gasteiger partial charge < -0.3 is 10.5 Å². The fourth-order valence-corrected chi connectivity index (χ4v) is 2.74. The molecule has 0 aliphatic heterocycles. The number of thiophene rings is 1. The topological polar surface area (TPSA) is 35.2 Å². The number of ether oxygens (including phenoxy) is 1. The zero-order valence-corrected chi connectivity index (χ0v) is 11.2. The molecular weight excluding hydrogens is 249 g/mol. The van der Waals surface area contributed by atoms with Crippen molar-refractivity contribution in [3.63, 3.8) is 0 Å². The quantitative estimate of drug-likeness (QED) is 0.915. The summed E-state index contributed by atoms with van der Waals surface area (Å²) in [5.41, 5.74) is 5.95. The van der Waals surface area contributed by atoms with Crippen LogP contribution in [0.2, 0.25) is 0 Å². The Labute approximate surface area is 110 Å². The standard InChI is InChI=1S/C14H16FNOS/c1-9-6-7-13(18-9)14(10(2)16)17-12-5-3-4-11(15)8-12/h3-8,10,14H,16H2,1-2H3. The van der Waals surface area contributed by atoms with Crippen LogP contribution in [0.5, 0.6) is 5.75 Å². The van der Waals surface area contributed by atoms with E-state index in [4.69, 9.17) is 10.5 Å². The second-order valence-corrected chi connectivity index (χ2v) is 5.62. The van der Waals surface area contributed by atoms with Gasteiger partial charge in [0.1, 0.15) is 17.7 Å². The van der Waals surface area contributed by atoms with E-state index in [1.54, 1.807) is 23.5 Å². The van der Waals surface area contributed by atoms with E-state index >= 15 is 0 Å². The van der Waals surface area contributed by atoms with Gasteiger partial charge in [-0.1, -0.05) is 6.07 Å². The zero-order valence-electron chi connectivity index (χ0n) is 10.4. The van der Waals surface area contributed by atoms with Crippen LogP contribution in [0, 0.1) is 12.7 Å². The van der Waals surface area contributed by atoms with Crippen molar-refractivity contribution in [1.82, 2.24) is 0 Å². The Morgan fingerprint density at radius 3 is 2.61 bits per heavy atom. The fraction of sp³-hybridized carbons (Fsp3) is 0.286. The smallest absolute Gasteiger partial charge is 0.148 e. The SMILES string of the molecule is Cc1ccc(C(Oc2cccc(F)c2)C(C)N)s1. The molecule has 2 N–H and O–H groups in total. The van der Waals surface area contributed by atoms with Crippen molar-refractivity contribution < 1.29 is 9.13 Å². The lowest BCUT2D eigenvalue weighted by Gasteiger charge is -2.21. The average Bonchev–Trinajstić information content (AvgIpc) is 2.72. The van der Waals surface area contributed by atoms with Crippen LogP contribution in [-0.4, -0.2) is 6.04 Å². The molecule has 18 heavy (non-hydrogen) atoms. The molecule has 96 valence electrons. The van der Waals surface area contributed by atoms with E-state index in [2.05, 4.69) is 0 Å². The monoisotopic (exact) mass is 265 g/mol. The van der Waals surface area contributed by atoms with Crippen molar-refractivity contribution in [3.05, 3.63) is 52.0 Å². The van der Waals surface area contributed by atoms with Gasteiger partial charge in [0, 0.05) is 21.9 Å². The van der Waals surface area contributed by atoms with E-state index in [1.807, 2.05) is 26.0 Å². The van der Waals surface area contributed by atoms with Gasteiger partial charge in [-0.25, -0.2) is 4.39 Å². The van der Waals surface area contributed by atoms with Crippen LogP contribution in [0.3, 0.4) is 0 Å². The Balaban J connectivity index is 2.22. The summed E-state index contributed by atoms with van der Waals surface area (Å²) in [6.45, 7) is 3.92. The molecule has 4 heteroatoms. The summed E-state index contributed by atoms with van der Waals surface area (Å²) in [4.78, 5) is 2.27. The first kappa shape index (κ1) is 13.1. The van der Waals surface area contributed by atoms with Crippen LogP contribution in [0.4, 0.5) is 4.39 Å². The Morgan fingerprint density at radius 2 is 2.06 bits per heavy atom. The molecule has 1 heterocycles. The van der Waals surface area contributed by atoms with Crippen LogP contribution >= 0.6 is 11.3 Å². The van der Waals surface area contributed by atoms with Gasteiger partial charge in [-0.2, -0.15) is 0 Å². The third-order valence-corrected chi connectivity index (χ3v) is 3.64.